The molecule has 1 N–H and O–H groups in total. The van der Waals surface area contributed by atoms with Crippen molar-refractivity contribution in [3.8, 4) is 11.3 Å². The first-order chi connectivity index (χ1) is 13.3. The number of aromatic nitrogens is 2. The number of carbonyl (C=O) groups is 2. The maximum atomic E-state index is 13.0. The molecule has 1 fully saturated rings. The molecule has 1 aliphatic rings. The van der Waals surface area contributed by atoms with E-state index in [4.69, 9.17) is 9.26 Å². The van der Waals surface area contributed by atoms with Crippen LogP contribution in [-0.4, -0.2) is 35.7 Å². The van der Waals surface area contributed by atoms with E-state index >= 15 is 0 Å². The zero-order valence-corrected chi connectivity index (χ0v) is 17.0. The molecule has 1 saturated carbocycles. The molecule has 0 radical (unpaired) electrons. The summed E-state index contributed by atoms with van der Waals surface area (Å²) in [5, 5.41) is 7.46. The fraction of sp³-hybridized carbons (Fsp3) is 0.400. The second-order valence-corrected chi connectivity index (χ2v) is 8.75. The number of methoxy groups -OCH3 is 1. The van der Waals surface area contributed by atoms with Crippen LogP contribution in [0.15, 0.2) is 16.7 Å². The summed E-state index contributed by atoms with van der Waals surface area (Å²) in [7, 11) is 1.37. The minimum absolute atomic E-state index is 0.249. The lowest BCUT2D eigenvalue weighted by Crippen LogP contribution is -2.35. The molecule has 0 saturated heterocycles. The molecule has 146 valence electrons. The topological polar surface area (TPSA) is 94.3 Å². The van der Waals surface area contributed by atoms with Crippen molar-refractivity contribution in [2.24, 2.45) is 5.41 Å². The fourth-order valence-corrected chi connectivity index (χ4v) is 4.40. The fourth-order valence-electron chi connectivity index (χ4n) is 3.46. The molecule has 3 aromatic heterocycles. The Hall–Kier alpha value is -2.74. The number of carbonyl (C=O) groups excluding carboxylic acids is 2. The van der Waals surface area contributed by atoms with E-state index in [1.165, 1.54) is 12.0 Å². The van der Waals surface area contributed by atoms with Crippen LogP contribution >= 0.6 is 11.3 Å². The second kappa shape index (κ2) is 6.70. The Balaban J connectivity index is 1.71. The maximum absolute atomic E-state index is 13.0. The Morgan fingerprint density at radius 2 is 2.04 bits per heavy atom. The van der Waals surface area contributed by atoms with Crippen LogP contribution in [0.3, 0.4) is 0 Å². The molecule has 0 aliphatic heterocycles. The third-order valence-electron chi connectivity index (χ3n) is 5.24. The summed E-state index contributed by atoms with van der Waals surface area (Å²) in [6, 6.07) is 3.82. The number of pyridine rings is 1. The number of rotatable bonds is 5. The highest BCUT2D eigenvalue weighted by atomic mass is 32.1. The van der Waals surface area contributed by atoms with Crippen LogP contribution in [0.1, 0.15) is 38.6 Å². The van der Waals surface area contributed by atoms with E-state index < -0.39 is 5.41 Å². The molecule has 7 nitrogen and oxygen atoms in total. The summed E-state index contributed by atoms with van der Waals surface area (Å²) >= 11 is 1.68. The molecule has 8 heteroatoms. The number of thiophene rings is 1. The van der Waals surface area contributed by atoms with E-state index in [1.807, 2.05) is 13.8 Å². The van der Waals surface area contributed by atoms with E-state index in [-0.39, 0.29) is 18.4 Å². The first kappa shape index (κ1) is 18.6. The van der Waals surface area contributed by atoms with Gasteiger partial charge >= 0.3 is 5.97 Å². The lowest BCUT2D eigenvalue weighted by Gasteiger charge is -2.14. The Labute approximate surface area is 166 Å². The Bertz CT molecular complexity index is 1090. The van der Waals surface area contributed by atoms with Crippen LogP contribution in [-0.2, 0) is 9.53 Å². The normalized spacial score (nSPS) is 14.9. The van der Waals surface area contributed by atoms with Crippen LogP contribution in [0.4, 0.5) is 0 Å². The third kappa shape index (κ3) is 3.07. The lowest BCUT2D eigenvalue weighted by molar-refractivity contribution is -0.146. The molecule has 0 aromatic carbocycles. The zero-order chi connectivity index (χ0) is 20.1. The molecule has 0 spiro atoms. The summed E-state index contributed by atoms with van der Waals surface area (Å²) in [6.45, 7) is 6.09. The van der Waals surface area contributed by atoms with E-state index in [0.717, 1.165) is 23.3 Å². The summed E-state index contributed by atoms with van der Waals surface area (Å²) in [5.74, 6) is -0.557. The molecule has 3 heterocycles. The first-order valence-electron chi connectivity index (χ1n) is 9.06. The van der Waals surface area contributed by atoms with Crippen LogP contribution < -0.4 is 5.32 Å². The highest BCUT2D eigenvalue weighted by molar-refractivity contribution is 7.12. The number of nitrogens with zero attached hydrogens (tertiary/aromatic N) is 2. The smallest absolute Gasteiger partial charge is 0.313 e. The van der Waals surface area contributed by atoms with Gasteiger partial charge in [-0.25, -0.2) is 4.98 Å². The first-order valence-corrected chi connectivity index (χ1v) is 9.87. The monoisotopic (exact) mass is 399 g/mol. The molecule has 0 unspecified atom stereocenters. The highest BCUT2D eigenvalue weighted by Gasteiger charge is 2.51. The van der Waals surface area contributed by atoms with Gasteiger partial charge in [0.1, 0.15) is 0 Å². The number of ether oxygens (including phenoxy) is 1. The van der Waals surface area contributed by atoms with Gasteiger partial charge in [0.15, 0.2) is 0 Å². The van der Waals surface area contributed by atoms with Crippen LogP contribution in [0, 0.1) is 26.2 Å². The van der Waals surface area contributed by atoms with Crippen molar-refractivity contribution >= 4 is 34.3 Å². The predicted octanol–water partition coefficient (Wildman–Crippen LogP) is 3.56. The van der Waals surface area contributed by atoms with E-state index in [9.17, 15) is 9.59 Å². The molecule has 28 heavy (non-hydrogen) atoms. The van der Waals surface area contributed by atoms with E-state index in [2.05, 4.69) is 21.5 Å². The van der Waals surface area contributed by atoms with Crippen molar-refractivity contribution in [1.29, 1.82) is 0 Å². The Kier molecular flexibility index (Phi) is 4.45. The molecule has 1 amide bonds. The largest absolute Gasteiger partial charge is 0.469 e. The van der Waals surface area contributed by atoms with Crippen molar-refractivity contribution in [2.75, 3.05) is 13.7 Å². The molecule has 0 bridgehead atoms. The summed E-state index contributed by atoms with van der Waals surface area (Å²) in [5.41, 5.74) is 2.43. The van der Waals surface area contributed by atoms with Gasteiger partial charge in [-0.3, -0.25) is 9.59 Å². The van der Waals surface area contributed by atoms with Crippen molar-refractivity contribution < 1.29 is 18.8 Å². The SMILES string of the molecule is COC(=O)C1(CNC(=O)c2cc(-c3cc(C)sc3C)nc3onc(C)c23)CC1. The van der Waals surface area contributed by atoms with Gasteiger partial charge in [-0.1, -0.05) is 5.16 Å². The van der Waals surface area contributed by atoms with Gasteiger partial charge in [0, 0.05) is 21.9 Å². The molecule has 3 aromatic rings. The van der Waals surface area contributed by atoms with Gasteiger partial charge in [0.2, 0.25) is 0 Å². The Morgan fingerprint density at radius 1 is 1.29 bits per heavy atom. The maximum Gasteiger partial charge on any atom is 0.313 e. The van der Waals surface area contributed by atoms with Crippen LogP contribution in [0.5, 0.6) is 0 Å². The average Bonchev–Trinajstić information content (AvgIpc) is 3.28. The minimum atomic E-state index is -0.593. The lowest BCUT2D eigenvalue weighted by atomic mass is 10.0. The number of hydrogen-bond acceptors (Lipinski definition) is 7. The summed E-state index contributed by atoms with van der Waals surface area (Å²) in [4.78, 5) is 31.8. The van der Waals surface area contributed by atoms with Crippen molar-refractivity contribution in [1.82, 2.24) is 15.5 Å². The van der Waals surface area contributed by atoms with E-state index in [0.29, 0.717) is 28.1 Å². The van der Waals surface area contributed by atoms with E-state index in [1.54, 1.807) is 24.3 Å². The van der Waals surface area contributed by atoms with Crippen LogP contribution in [0.2, 0.25) is 0 Å². The quantitative estimate of drug-likeness (QED) is 0.659. The predicted molar refractivity (Wildman–Crippen MR) is 105 cm³/mol. The average molecular weight is 399 g/mol. The standard InChI is InChI=1S/C20H21N3O4S/c1-10-7-13(12(3)28-10)15-8-14(16-11(2)23-27-18(16)22-15)17(24)21-9-20(5-6-20)19(25)26-4/h7-8H,5-6,9H2,1-4H3,(H,21,24). The number of amides is 1. The van der Waals surface area contributed by atoms with Gasteiger partial charge in [0.05, 0.1) is 34.9 Å². The highest BCUT2D eigenvalue weighted by Crippen LogP contribution is 2.46. The third-order valence-corrected chi connectivity index (χ3v) is 6.20. The minimum Gasteiger partial charge on any atom is -0.469 e. The van der Waals surface area contributed by atoms with Crippen LogP contribution in [0.25, 0.3) is 22.4 Å². The Morgan fingerprint density at radius 3 is 2.64 bits per heavy atom. The molecular formula is C20H21N3O4S. The molecular weight excluding hydrogens is 378 g/mol. The van der Waals surface area contributed by atoms with Crippen molar-refractivity contribution in [3.05, 3.63) is 33.1 Å². The molecule has 4 rings (SSSR count). The second-order valence-electron chi connectivity index (χ2n) is 7.28. The molecule has 0 atom stereocenters. The van der Waals surface area contributed by atoms with Gasteiger partial charge < -0.3 is 14.6 Å². The van der Waals surface area contributed by atoms with Gasteiger partial charge in [0.25, 0.3) is 11.6 Å². The number of nitrogens with one attached hydrogen (secondary N) is 1. The number of hydrogen-bond donors (Lipinski definition) is 1. The number of esters is 1. The van der Waals surface area contributed by atoms with Gasteiger partial charge in [-0.15, -0.1) is 11.3 Å². The number of fused-ring (bicyclic) bond motifs is 1. The number of aryl methyl sites for hydroxylation is 3. The zero-order valence-electron chi connectivity index (χ0n) is 16.2. The summed E-state index contributed by atoms with van der Waals surface area (Å²) < 4.78 is 10.2. The van der Waals surface area contributed by atoms with Gasteiger partial charge in [-0.2, -0.15) is 0 Å². The van der Waals surface area contributed by atoms with Crippen molar-refractivity contribution in [2.45, 2.75) is 33.6 Å². The molecule has 1 aliphatic carbocycles. The van der Waals surface area contributed by atoms with Gasteiger partial charge in [-0.05, 0) is 45.7 Å². The summed E-state index contributed by atoms with van der Waals surface area (Å²) in [6.07, 6.45) is 1.44. The van der Waals surface area contributed by atoms with Crippen molar-refractivity contribution in [3.63, 3.8) is 0 Å².